The van der Waals surface area contributed by atoms with E-state index in [9.17, 15) is 9.59 Å². The number of Topliss-reactive ketones (excluding diaryl/α,β-unsaturated/α-hetero) is 1. The van der Waals surface area contributed by atoms with Gasteiger partial charge < -0.3 is 9.47 Å². The number of benzene rings is 2. The predicted molar refractivity (Wildman–Crippen MR) is 108 cm³/mol. The summed E-state index contributed by atoms with van der Waals surface area (Å²) in [6.45, 7) is 3.03. The number of ether oxygens (including phenoxy) is 2. The molecule has 2 aromatic rings. The van der Waals surface area contributed by atoms with E-state index in [4.69, 9.17) is 32.9 Å². The first-order valence-corrected chi connectivity index (χ1v) is 8.90. The van der Waals surface area contributed by atoms with Crippen LogP contribution in [0.2, 0.25) is 5.02 Å². The van der Waals surface area contributed by atoms with Crippen LogP contribution in [0, 0.1) is 6.92 Å². The van der Waals surface area contributed by atoms with E-state index in [-0.39, 0.29) is 5.69 Å². The molecule has 2 rings (SSSR count). The molecule has 0 spiro atoms. The van der Waals surface area contributed by atoms with Crippen LogP contribution < -0.4 is 13.9 Å². The van der Waals surface area contributed by atoms with Gasteiger partial charge in [-0.1, -0.05) is 23.7 Å². The molecule has 0 aliphatic rings. The van der Waals surface area contributed by atoms with Crippen molar-refractivity contribution in [3.05, 3.63) is 47.0 Å². The molecule has 0 aromatic heterocycles. The Bertz CT molecular complexity index is 898. The van der Waals surface area contributed by atoms with Crippen molar-refractivity contribution in [3.63, 3.8) is 0 Å². The first kappa shape index (κ1) is 21.7. The zero-order valence-corrected chi connectivity index (χ0v) is 17.3. The maximum atomic E-state index is 12.8. The maximum Gasteiger partial charge on any atom is 0.276 e. The summed E-state index contributed by atoms with van der Waals surface area (Å²) in [7, 11) is 2.93. The third-order valence-electron chi connectivity index (χ3n) is 3.87. The molecule has 9 heteroatoms. The third kappa shape index (κ3) is 4.79. The van der Waals surface area contributed by atoms with Gasteiger partial charge in [0.2, 0.25) is 6.04 Å². The molecular formula is C19H19Cl2N3O4. The molecular weight excluding hydrogens is 405 g/mol. The molecule has 1 unspecified atom stereocenters. The zero-order chi connectivity index (χ0) is 20.8. The number of rotatable bonds is 7. The van der Waals surface area contributed by atoms with Crippen molar-refractivity contribution in [2.45, 2.75) is 19.9 Å². The summed E-state index contributed by atoms with van der Waals surface area (Å²) >= 11 is 12.3. The normalized spacial score (nSPS) is 11.9. The second-order valence-corrected chi connectivity index (χ2v) is 6.54. The Balaban J connectivity index is 2.35. The smallest absolute Gasteiger partial charge is 0.276 e. The van der Waals surface area contributed by atoms with Crippen LogP contribution in [0.4, 0.5) is 11.4 Å². The van der Waals surface area contributed by atoms with Gasteiger partial charge in [-0.05, 0) is 37.6 Å². The van der Waals surface area contributed by atoms with E-state index < -0.39 is 17.7 Å². The van der Waals surface area contributed by atoms with Crippen LogP contribution in [0.5, 0.6) is 11.5 Å². The summed E-state index contributed by atoms with van der Waals surface area (Å²) in [5, 5.41) is 8.27. The van der Waals surface area contributed by atoms with Gasteiger partial charge in [-0.3, -0.25) is 9.59 Å². The number of amides is 1. The van der Waals surface area contributed by atoms with Gasteiger partial charge in [-0.2, -0.15) is 10.2 Å². The first-order chi connectivity index (χ1) is 13.3. The summed E-state index contributed by atoms with van der Waals surface area (Å²) in [6.07, 6.45) is 0. The Labute approximate surface area is 173 Å². The standard InChI is InChI=1S/C19H19Cl2N3O4/c1-11-6-5-7-14(20)17(11)22-23-18(12(2)25)19(26)24(21)15-9-8-13(27-3)10-16(15)28-4/h5-10,18H,1-4H3. The number of carbonyl (C=O) groups is 2. The minimum absolute atomic E-state index is 0.241. The summed E-state index contributed by atoms with van der Waals surface area (Å²) in [4.78, 5) is 24.8. The van der Waals surface area contributed by atoms with Gasteiger partial charge in [0.15, 0.2) is 5.78 Å². The number of hydrogen-bond acceptors (Lipinski definition) is 6. The van der Waals surface area contributed by atoms with Gasteiger partial charge in [0.05, 0.1) is 19.2 Å². The quantitative estimate of drug-likeness (QED) is 0.360. The SMILES string of the molecule is COc1ccc(N(Cl)C(=O)C(N=Nc2c(C)cccc2Cl)C(C)=O)c(OC)c1. The van der Waals surface area contributed by atoms with Crippen molar-refractivity contribution in [3.8, 4) is 11.5 Å². The van der Waals surface area contributed by atoms with Crippen molar-refractivity contribution >= 4 is 46.4 Å². The lowest BCUT2D eigenvalue weighted by Gasteiger charge is -2.19. The number of nitrogens with zero attached hydrogens (tertiary/aromatic N) is 3. The topological polar surface area (TPSA) is 80.6 Å². The molecule has 0 saturated heterocycles. The lowest BCUT2D eigenvalue weighted by molar-refractivity contribution is -0.126. The number of aryl methyl sites for hydroxylation is 1. The van der Waals surface area contributed by atoms with Crippen LogP contribution in [0.3, 0.4) is 0 Å². The Morgan fingerprint density at radius 3 is 2.43 bits per heavy atom. The number of methoxy groups -OCH3 is 2. The number of carbonyl (C=O) groups excluding carboxylic acids is 2. The molecule has 0 saturated carbocycles. The fraction of sp³-hybridized carbons (Fsp3) is 0.263. The van der Waals surface area contributed by atoms with Crippen LogP contribution in [0.1, 0.15) is 12.5 Å². The molecule has 0 bridgehead atoms. The molecule has 0 aliphatic carbocycles. The number of hydrogen-bond donors (Lipinski definition) is 0. The largest absolute Gasteiger partial charge is 0.497 e. The van der Waals surface area contributed by atoms with E-state index in [2.05, 4.69) is 10.2 Å². The molecule has 0 N–H and O–H groups in total. The number of azo groups is 1. The van der Waals surface area contributed by atoms with Crippen LogP contribution in [0.25, 0.3) is 0 Å². The molecule has 28 heavy (non-hydrogen) atoms. The second-order valence-electron chi connectivity index (χ2n) is 5.79. The van der Waals surface area contributed by atoms with E-state index in [1.807, 2.05) is 0 Å². The fourth-order valence-corrected chi connectivity index (χ4v) is 2.83. The van der Waals surface area contributed by atoms with Gasteiger partial charge in [0.1, 0.15) is 22.9 Å². The average Bonchev–Trinajstić information content (AvgIpc) is 2.68. The first-order valence-electron chi connectivity index (χ1n) is 8.18. The Morgan fingerprint density at radius 1 is 1.14 bits per heavy atom. The fourth-order valence-electron chi connectivity index (χ4n) is 2.34. The molecule has 0 fully saturated rings. The number of anilines is 1. The molecule has 2 aromatic carbocycles. The highest BCUT2D eigenvalue weighted by atomic mass is 35.5. The molecule has 1 amide bonds. The van der Waals surface area contributed by atoms with Gasteiger partial charge in [0.25, 0.3) is 5.91 Å². The van der Waals surface area contributed by atoms with E-state index in [1.165, 1.54) is 27.2 Å². The van der Waals surface area contributed by atoms with E-state index >= 15 is 0 Å². The zero-order valence-electron chi connectivity index (χ0n) is 15.8. The maximum absolute atomic E-state index is 12.8. The minimum Gasteiger partial charge on any atom is -0.497 e. The second kappa shape index (κ2) is 9.52. The summed E-state index contributed by atoms with van der Waals surface area (Å²) in [6, 6.07) is 8.48. The van der Waals surface area contributed by atoms with Gasteiger partial charge in [0, 0.05) is 17.8 Å². The molecule has 0 aliphatic heterocycles. The Morgan fingerprint density at radius 2 is 1.86 bits per heavy atom. The molecule has 0 heterocycles. The lowest BCUT2D eigenvalue weighted by atomic mass is 10.2. The van der Waals surface area contributed by atoms with Crippen molar-refractivity contribution in [1.82, 2.24) is 0 Å². The monoisotopic (exact) mass is 423 g/mol. The van der Waals surface area contributed by atoms with Crippen molar-refractivity contribution in [2.75, 3.05) is 18.6 Å². The Kier molecular flexibility index (Phi) is 7.37. The predicted octanol–water partition coefficient (Wildman–Crippen LogP) is 4.89. The van der Waals surface area contributed by atoms with Gasteiger partial charge in [-0.15, -0.1) is 0 Å². The van der Waals surface area contributed by atoms with E-state index in [0.717, 1.165) is 9.98 Å². The summed E-state index contributed by atoms with van der Waals surface area (Å²) in [5.74, 6) is -0.471. The van der Waals surface area contributed by atoms with E-state index in [0.29, 0.717) is 22.2 Å². The molecule has 1 atom stereocenters. The van der Waals surface area contributed by atoms with Crippen molar-refractivity contribution in [2.24, 2.45) is 10.2 Å². The highest BCUT2D eigenvalue weighted by molar-refractivity contribution is 6.39. The third-order valence-corrected chi connectivity index (χ3v) is 4.53. The van der Waals surface area contributed by atoms with E-state index in [1.54, 1.807) is 37.3 Å². The Hall–Kier alpha value is -2.64. The minimum atomic E-state index is -1.43. The highest BCUT2D eigenvalue weighted by Gasteiger charge is 2.30. The average molecular weight is 424 g/mol. The highest BCUT2D eigenvalue weighted by Crippen LogP contribution is 2.34. The van der Waals surface area contributed by atoms with Crippen molar-refractivity contribution in [1.29, 1.82) is 0 Å². The summed E-state index contributed by atoms with van der Waals surface area (Å²) in [5.41, 5.74) is 1.38. The molecule has 7 nitrogen and oxygen atoms in total. The van der Waals surface area contributed by atoms with Crippen LogP contribution in [0.15, 0.2) is 46.6 Å². The van der Waals surface area contributed by atoms with Crippen LogP contribution in [-0.2, 0) is 9.59 Å². The van der Waals surface area contributed by atoms with Crippen LogP contribution in [-0.4, -0.2) is 32.0 Å². The van der Waals surface area contributed by atoms with Gasteiger partial charge in [-0.25, -0.2) is 4.42 Å². The van der Waals surface area contributed by atoms with Gasteiger partial charge >= 0.3 is 0 Å². The number of ketones is 1. The lowest BCUT2D eigenvalue weighted by Crippen LogP contribution is -2.36. The molecule has 148 valence electrons. The molecule has 0 radical (unpaired) electrons. The summed E-state index contributed by atoms with van der Waals surface area (Å²) < 4.78 is 11.1. The van der Waals surface area contributed by atoms with Crippen LogP contribution >= 0.6 is 23.4 Å². The van der Waals surface area contributed by atoms with Crippen molar-refractivity contribution < 1.29 is 19.1 Å². The number of halogens is 2.